The largest absolute Gasteiger partial charge is 0.490 e. The average molecular weight is 440 g/mol. The van der Waals surface area contributed by atoms with Gasteiger partial charge in [-0.1, -0.05) is 24.3 Å². The molecule has 2 fully saturated rings. The molecule has 0 unspecified atom stereocenters. The van der Waals surface area contributed by atoms with Crippen LogP contribution in [0.25, 0.3) is 0 Å². The summed E-state index contributed by atoms with van der Waals surface area (Å²) in [5.74, 6) is 1.12. The van der Waals surface area contributed by atoms with Gasteiger partial charge in [0.25, 0.3) is 0 Å². The molecule has 4 rings (SSSR count). The first-order chi connectivity index (χ1) is 15.5. The van der Waals surface area contributed by atoms with Gasteiger partial charge in [0.15, 0.2) is 0 Å². The van der Waals surface area contributed by atoms with E-state index in [1.54, 1.807) is 12.1 Å². The van der Waals surface area contributed by atoms with Gasteiger partial charge in [0.1, 0.15) is 11.6 Å². The summed E-state index contributed by atoms with van der Waals surface area (Å²) in [6.07, 6.45) is 6.07. The lowest BCUT2D eigenvalue weighted by molar-refractivity contribution is 0.120. The van der Waals surface area contributed by atoms with Gasteiger partial charge in [0.05, 0.1) is 6.10 Å². The molecule has 2 aliphatic rings. The van der Waals surface area contributed by atoms with Crippen LogP contribution in [0.3, 0.4) is 0 Å². The predicted octanol–water partition coefficient (Wildman–Crippen LogP) is 4.81. The van der Waals surface area contributed by atoms with Crippen LogP contribution in [0.2, 0.25) is 0 Å². The van der Waals surface area contributed by atoms with E-state index in [0.717, 1.165) is 55.6 Å². The van der Waals surface area contributed by atoms with Crippen molar-refractivity contribution in [2.45, 2.75) is 51.3 Å². The molecule has 6 heteroatoms. The number of ether oxygens (including phenoxy) is 1. The lowest BCUT2D eigenvalue weighted by Gasteiger charge is -2.33. The lowest BCUT2D eigenvalue weighted by atomic mass is 9.96. The molecule has 0 bridgehead atoms. The number of urea groups is 1. The van der Waals surface area contributed by atoms with E-state index in [4.69, 9.17) is 4.74 Å². The van der Waals surface area contributed by atoms with Crippen molar-refractivity contribution in [3.8, 4) is 5.75 Å². The maximum Gasteiger partial charge on any atom is 0.317 e. The summed E-state index contributed by atoms with van der Waals surface area (Å²) in [6.45, 7) is 3.78. The summed E-state index contributed by atoms with van der Waals surface area (Å²) in [5.41, 5.74) is 1.98. The van der Waals surface area contributed by atoms with Crippen molar-refractivity contribution in [3.05, 3.63) is 65.5 Å². The number of nitrogens with zero attached hydrogens (tertiary/aromatic N) is 2. The van der Waals surface area contributed by atoms with E-state index in [1.807, 2.05) is 29.2 Å². The summed E-state index contributed by atoms with van der Waals surface area (Å²) < 4.78 is 19.2. The van der Waals surface area contributed by atoms with Gasteiger partial charge in [-0.25, -0.2) is 9.18 Å². The molecule has 0 aromatic heterocycles. The summed E-state index contributed by atoms with van der Waals surface area (Å²) in [7, 11) is 2.14. The molecule has 0 atom stereocenters. The number of piperidine rings is 1. The van der Waals surface area contributed by atoms with E-state index in [9.17, 15) is 9.18 Å². The number of carbonyl (C=O) groups excluding carboxylic acids is 1. The number of halogens is 1. The molecular weight excluding hydrogens is 405 g/mol. The molecule has 2 aromatic rings. The lowest BCUT2D eigenvalue weighted by Crippen LogP contribution is -2.43. The summed E-state index contributed by atoms with van der Waals surface area (Å²) in [4.78, 5) is 17.3. The number of carbonyl (C=O) groups is 1. The van der Waals surface area contributed by atoms with Gasteiger partial charge < -0.3 is 19.9 Å². The predicted molar refractivity (Wildman–Crippen MR) is 124 cm³/mol. The van der Waals surface area contributed by atoms with Crippen LogP contribution >= 0.6 is 0 Å². The number of nitrogens with one attached hydrogen (secondary N) is 1. The first-order valence-electron chi connectivity index (χ1n) is 11.8. The summed E-state index contributed by atoms with van der Waals surface area (Å²) in [6, 6.07) is 14.3. The fraction of sp³-hybridized carbons (Fsp3) is 0.500. The van der Waals surface area contributed by atoms with Crippen molar-refractivity contribution in [3.63, 3.8) is 0 Å². The van der Waals surface area contributed by atoms with E-state index in [1.165, 1.54) is 18.6 Å². The van der Waals surface area contributed by atoms with Gasteiger partial charge in [-0.05, 0) is 93.6 Å². The highest BCUT2D eigenvalue weighted by atomic mass is 19.1. The standard InChI is InChI=1S/C26H34FN3O2/c1-29-15-13-22(14-16-29)19-30(18-21-5-9-23(27)10-6-21)26(31)28-17-20-7-11-25(12-8-20)32-24-3-2-4-24/h5-12,22,24H,2-4,13-19H2,1H3,(H,28,31). The van der Waals surface area contributed by atoms with E-state index >= 15 is 0 Å². The summed E-state index contributed by atoms with van der Waals surface area (Å²) >= 11 is 0. The maximum absolute atomic E-state index is 13.3. The van der Waals surface area contributed by atoms with Crippen LogP contribution in [0.15, 0.2) is 48.5 Å². The number of hydrogen-bond donors (Lipinski definition) is 1. The van der Waals surface area contributed by atoms with Gasteiger partial charge in [0.2, 0.25) is 0 Å². The maximum atomic E-state index is 13.3. The Hall–Kier alpha value is -2.60. The van der Waals surface area contributed by atoms with Crippen molar-refractivity contribution in [2.24, 2.45) is 5.92 Å². The number of amides is 2. The Bertz CT molecular complexity index is 860. The quantitative estimate of drug-likeness (QED) is 0.642. The topological polar surface area (TPSA) is 44.8 Å². The molecule has 1 saturated carbocycles. The van der Waals surface area contributed by atoms with E-state index < -0.39 is 0 Å². The number of rotatable bonds is 8. The third kappa shape index (κ3) is 6.45. The van der Waals surface area contributed by atoms with Crippen LogP contribution in [-0.4, -0.2) is 48.6 Å². The first kappa shape index (κ1) is 22.6. The van der Waals surface area contributed by atoms with Crippen LogP contribution in [0.5, 0.6) is 5.75 Å². The first-order valence-corrected chi connectivity index (χ1v) is 11.8. The molecule has 172 valence electrons. The van der Waals surface area contributed by atoms with Crippen LogP contribution in [0, 0.1) is 11.7 Å². The minimum Gasteiger partial charge on any atom is -0.490 e. The molecular formula is C26H34FN3O2. The zero-order chi connectivity index (χ0) is 22.3. The van der Waals surface area contributed by atoms with Crippen LogP contribution < -0.4 is 10.1 Å². The molecule has 0 radical (unpaired) electrons. The Morgan fingerprint density at radius 2 is 1.69 bits per heavy atom. The number of hydrogen-bond acceptors (Lipinski definition) is 3. The zero-order valence-electron chi connectivity index (χ0n) is 18.9. The molecule has 1 saturated heterocycles. The van der Waals surface area contributed by atoms with Crippen molar-refractivity contribution in [2.75, 3.05) is 26.7 Å². The Labute approximate surface area is 190 Å². The van der Waals surface area contributed by atoms with E-state index in [0.29, 0.717) is 31.7 Å². The average Bonchev–Trinajstić information content (AvgIpc) is 2.78. The molecule has 32 heavy (non-hydrogen) atoms. The highest BCUT2D eigenvalue weighted by Gasteiger charge is 2.23. The monoisotopic (exact) mass is 439 g/mol. The smallest absolute Gasteiger partial charge is 0.317 e. The molecule has 2 aromatic carbocycles. The Morgan fingerprint density at radius 3 is 2.31 bits per heavy atom. The Morgan fingerprint density at radius 1 is 1.03 bits per heavy atom. The van der Waals surface area contributed by atoms with Crippen molar-refractivity contribution in [1.82, 2.24) is 15.1 Å². The van der Waals surface area contributed by atoms with Crippen LogP contribution in [0.1, 0.15) is 43.2 Å². The van der Waals surface area contributed by atoms with Crippen LogP contribution in [-0.2, 0) is 13.1 Å². The minimum absolute atomic E-state index is 0.0805. The number of likely N-dealkylation sites (tertiary alicyclic amines) is 1. The molecule has 1 N–H and O–H groups in total. The second kappa shape index (κ2) is 10.8. The fourth-order valence-corrected chi connectivity index (χ4v) is 4.24. The second-order valence-corrected chi connectivity index (χ2v) is 9.23. The van der Waals surface area contributed by atoms with Gasteiger partial charge in [-0.3, -0.25) is 0 Å². The fourth-order valence-electron chi connectivity index (χ4n) is 4.24. The second-order valence-electron chi connectivity index (χ2n) is 9.23. The molecule has 0 spiro atoms. The third-order valence-corrected chi connectivity index (χ3v) is 6.61. The molecule has 1 aliphatic heterocycles. The van der Waals surface area contributed by atoms with Crippen molar-refractivity contribution >= 4 is 6.03 Å². The molecule has 5 nitrogen and oxygen atoms in total. The zero-order valence-corrected chi connectivity index (χ0v) is 18.9. The number of benzene rings is 2. The Balaban J connectivity index is 1.34. The summed E-state index contributed by atoms with van der Waals surface area (Å²) in [5, 5.41) is 3.07. The Kier molecular flexibility index (Phi) is 7.63. The normalized spacial score (nSPS) is 17.6. The molecule has 1 heterocycles. The van der Waals surface area contributed by atoms with E-state index in [-0.39, 0.29) is 11.8 Å². The van der Waals surface area contributed by atoms with Crippen molar-refractivity contribution < 1.29 is 13.9 Å². The minimum atomic E-state index is -0.259. The van der Waals surface area contributed by atoms with Gasteiger partial charge in [-0.15, -0.1) is 0 Å². The van der Waals surface area contributed by atoms with Gasteiger partial charge in [0, 0.05) is 19.6 Å². The SMILES string of the molecule is CN1CCC(CN(Cc2ccc(F)cc2)C(=O)NCc2ccc(OC3CCC3)cc2)CC1. The van der Waals surface area contributed by atoms with Crippen molar-refractivity contribution in [1.29, 1.82) is 0 Å². The highest BCUT2D eigenvalue weighted by molar-refractivity contribution is 5.74. The third-order valence-electron chi connectivity index (χ3n) is 6.61. The van der Waals surface area contributed by atoms with Gasteiger partial charge in [-0.2, -0.15) is 0 Å². The van der Waals surface area contributed by atoms with Gasteiger partial charge >= 0.3 is 6.03 Å². The highest BCUT2D eigenvalue weighted by Crippen LogP contribution is 2.25. The van der Waals surface area contributed by atoms with Crippen LogP contribution in [0.4, 0.5) is 9.18 Å². The molecule has 1 aliphatic carbocycles. The molecule has 2 amide bonds. The van der Waals surface area contributed by atoms with E-state index in [2.05, 4.69) is 17.3 Å².